The van der Waals surface area contributed by atoms with Crippen LogP contribution in [0, 0.1) is 0 Å². The van der Waals surface area contributed by atoms with Crippen molar-refractivity contribution in [2.24, 2.45) is 0 Å². The van der Waals surface area contributed by atoms with Gasteiger partial charge in [-0.3, -0.25) is 0 Å². The largest absolute Gasteiger partial charge is 0.462 e. The summed E-state index contributed by atoms with van der Waals surface area (Å²) in [6.45, 7) is 2.60. The molecule has 1 heterocycles. The molecule has 0 saturated heterocycles. The molecule has 0 spiro atoms. The van der Waals surface area contributed by atoms with Crippen LogP contribution in [0.1, 0.15) is 23.0 Å². The van der Waals surface area contributed by atoms with E-state index < -0.39 is 0 Å². The van der Waals surface area contributed by atoms with Gasteiger partial charge in [0.15, 0.2) is 0 Å². The fourth-order valence-electron chi connectivity index (χ4n) is 3.50. The van der Waals surface area contributed by atoms with Crippen molar-refractivity contribution < 1.29 is 13.9 Å². The number of rotatable bonds is 5. The molecule has 1 N–H and O–H groups in total. The molecule has 4 nitrogen and oxygen atoms in total. The molecular weight excluding hydrogens is 338 g/mol. The van der Waals surface area contributed by atoms with Crippen LogP contribution in [0.15, 0.2) is 65.1 Å². The van der Waals surface area contributed by atoms with E-state index in [-0.39, 0.29) is 5.97 Å². The van der Waals surface area contributed by atoms with Crippen molar-refractivity contribution in [1.29, 1.82) is 0 Å². The Morgan fingerprint density at radius 2 is 1.85 bits per heavy atom. The summed E-state index contributed by atoms with van der Waals surface area (Å²) in [5.74, 6) is 0.250. The van der Waals surface area contributed by atoms with Gasteiger partial charge in [-0.25, -0.2) is 4.79 Å². The van der Waals surface area contributed by atoms with Gasteiger partial charge in [0.2, 0.25) is 0 Å². The normalized spacial score (nSPS) is 11.2. The minimum absolute atomic E-state index is 0.332. The second-order valence-electron chi connectivity index (χ2n) is 6.39. The number of benzene rings is 3. The Kier molecular flexibility index (Phi) is 4.65. The van der Waals surface area contributed by atoms with Gasteiger partial charge in [-0.15, -0.1) is 0 Å². The van der Waals surface area contributed by atoms with E-state index in [9.17, 15) is 4.79 Å². The van der Waals surface area contributed by atoms with E-state index >= 15 is 0 Å². The predicted octanol–water partition coefficient (Wildman–Crippen LogP) is 5.15. The van der Waals surface area contributed by atoms with E-state index in [4.69, 9.17) is 9.15 Å². The number of ether oxygens (including phenoxy) is 1. The number of fused-ring (bicyclic) bond motifs is 2. The Labute approximate surface area is 157 Å². The number of hydrogen-bond donors (Lipinski definition) is 1. The van der Waals surface area contributed by atoms with Crippen molar-refractivity contribution in [3.8, 4) is 11.1 Å². The lowest BCUT2D eigenvalue weighted by atomic mass is 9.97. The highest BCUT2D eigenvalue weighted by Crippen LogP contribution is 2.34. The van der Waals surface area contributed by atoms with Gasteiger partial charge in [0.1, 0.15) is 16.9 Å². The maximum atomic E-state index is 12.4. The molecule has 3 aromatic carbocycles. The molecule has 4 heteroatoms. The van der Waals surface area contributed by atoms with Gasteiger partial charge in [-0.05, 0) is 48.0 Å². The van der Waals surface area contributed by atoms with Crippen LogP contribution in [0.3, 0.4) is 0 Å². The summed E-state index contributed by atoms with van der Waals surface area (Å²) in [6.07, 6.45) is 0. The van der Waals surface area contributed by atoms with E-state index in [0.29, 0.717) is 30.1 Å². The fourth-order valence-corrected chi connectivity index (χ4v) is 3.50. The van der Waals surface area contributed by atoms with Gasteiger partial charge in [0.05, 0.1) is 13.2 Å². The maximum absolute atomic E-state index is 12.4. The topological polar surface area (TPSA) is 51.5 Å². The third-order valence-electron chi connectivity index (χ3n) is 4.68. The summed E-state index contributed by atoms with van der Waals surface area (Å²) >= 11 is 0. The highest BCUT2D eigenvalue weighted by atomic mass is 16.5. The van der Waals surface area contributed by atoms with Crippen LogP contribution in [0.25, 0.3) is 32.9 Å². The van der Waals surface area contributed by atoms with Gasteiger partial charge in [0, 0.05) is 5.39 Å². The first-order valence-corrected chi connectivity index (χ1v) is 9.08. The van der Waals surface area contributed by atoms with Gasteiger partial charge >= 0.3 is 5.97 Å². The second-order valence-corrected chi connectivity index (χ2v) is 6.39. The lowest BCUT2D eigenvalue weighted by molar-refractivity contribution is 0.0525. The SMILES string of the molecule is CCOC(=O)c1c(CNC)oc2cc(-c3cccc4ccccc34)ccc12. The first-order chi connectivity index (χ1) is 13.2. The molecule has 136 valence electrons. The van der Waals surface area contributed by atoms with Crippen LogP contribution in [-0.4, -0.2) is 19.6 Å². The number of carbonyl (C=O) groups excluding carboxylic acids is 1. The van der Waals surface area contributed by atoms with E-state index in [1.54, 1.807) is 6.92 Å². The summed E-state index contributed by atoms with van der Waals surface area (Å²) in [7, 11) is 1.82. The van der Waals surface area contributed by atoms with Gasteiger partial charge in [-0.1, -0.05) is 48.5 Å². The highest BCUT2D eigenvalue weighted by molar-refractivity contribution is 6.06. The molecule has 0 fully saturated rings. The Hall–Kier alpha value is -3.11. The summed E-state index contributed by atoms with van der Waals surface area (Å²) in [5, 5.41) is 6.21. The highest BCUT2D eigenvalue weighted by Gasteiger charge is 2.22. The van der Waals surface area contributed by atoms with Crippen LogP contribution >= 0.6 is 0 Å². The molecule has 0 atom stereocenters. The summed E-state index contributed by atoms with van der Waals surface area (Å²) in [4.78, 5) is 12.4. The fraction of sp³-hybridized carbons (Fsp3) is 0.174. The number of furan rings is 1. The van der Waals surface area contributed by atoms with Gasteiger partial charge < -0.3 is 14.5 Å². The van der Waals surface area contributed by atoms with Crippen molar-refractivity contribution in [2.45, 2.75) is 13.5 Å². The zero-order valence-electron chi connectivity index (χ0n) is 15.4. The predicted molar refractivity (Wildman–Crippen MR) is 108 cm³/mol. The molecule has 1 aromatic heterocycles. The zero-order chi connectivity index (χ0) is 18.8. The monoisotopic (exact) mass is 359 g/mol. The maximum Gasteiger partial charge on any atom is 0.342 e. The number of hydrogen-bond acceptors (Lipinski definition) is 4. The number of carbonyl (C=O) groups is 1. The van der Waals surface area contributed by atoms with Gasteiger partial charge in [0.25, 0.3) is 0 Å². The molecular formula is C23H21NO3. The lowest BCUT2D eigenvalue weighted by Gasteiger charge is -2.07. The molecule has 0 aliphatic heterocycles. The summed E-state index contributed by atoms with van der Waals surface area (Å²) < 4.78 is 11.2. The molecule has 4 rings (SSSR count). The minimum atomic E-state index is -0.348. The van der Waals surface area contributed by atoms with Crippen LogP contribution in [0.4, 0.5) is 0 Å². The van der Waals surface area contributed by atoms with E-state index in [1.807, 2.05) is 37.4 Å². The van der Waals surface area contributed by atoms with Crippen LogP contribution in [-0.2, 0) is 11.3 Å². The molecule has 4 aromatic rings. The minimum Gasteiger partial charge on any atom is -0.462 e. The molecule has 0 aliphatic carbocycles. The van der Waals surface area contributed by atoms with Crippen LogP contribution in [0.5, 0.6) is 0 Å². The third kappa shape index (κ3) is 3.09. The zero-order valence-corrected chi connectivity index (χ0v) is 15.4. The van der Waals surface area contributed by atoms with Crippen molar-refractivity contribution in [2.75, 3.05) is 13.7 Å². The molecule has 0 saturated carbocycles. The first kappa shape index (κ1) is 17.3. The Bertz CT molecular complexity index is 1120. The third-order valence-corrected chi connectivity index (χ3v) is 4.68. The molecule has 0 bridgehead atoms. The first-order valence-electron chi connectivity index (χ1n) is 9.08. The Morgan fingerprint density at radius 1 is 1.04 bits per heavy atom. The van der Waals surface area contributed by atoms with E-state index in [2.05, 4.69) is 35.6 Å². The Morgan fingerprint density at radius 3 is 2.67 bits per heavy atom. The smallest absolute Gasteiger partial charge is 0.342 e. The van der Waals surface area contributed by atoms with Crippen molar-refractivity contribution >= 4 is 27.7 Å². The van der Waals surface area contributed by atoms with Crippen molar-refractivity contribution in [3.05, 3.63) is 72.0 Å². The molecule has 0 aliphatic rings. The average Bonchev–Trinajstić information content (AvgIpc) is 3.05. The molecule has 0 unspecified atom stereocenters. The molecule has 27 heavy (non-hydrogen) atoms. The summed E-state index contributed by atoms with van der Waals surface area (Å²) in [5.41, 5.74) is 3.39. The van der Waals surface area contributed by atoms with E-state index in [1.165, 1.54) is 10.8 Å². The van der Waals surface area contributed by atoms with Gasteiger partial charge in [-0.2, -0.15) is 0 Å². The number of esters is 1. The number of nitrogens with one attached hydrogen (secondary N) is 1. The lowest BCUT2D eigenvalue weighted by Crippen LogP contribution is -2.11. The van der Waals surface area contributed by atoms with Crippen LogP contribution in [0.2, 0.25) is 0 Å². The molecule has 0 amide bonds. The van der Waals surface area contributed by atoms with Crippen molar-refractivity contribution in [1.82, 2.24) is 5.32 Å². The quantitative estimate of drug-likeness (QED) is 0.501. The standard InChI is InChI=1S/C23H21NO3/c1-3-26-23(25)22-19-12-11-16(13-20(19)27-21(22)14-24-2)18-10-6-8-15-7-4-5-9-17(15)18/h4-13,24H,3,14H2,1-2H3. The average molecular weight is 359 g/mol. The second kappa shape index (κ2) is 7.25. The molecule has 0 radical (unpaired) electrons. The van der Waals surface area contributed by atoms with E-state index in [0.717, 1.165) is 16.5 Å². The van der Waals surface area contributed by atoms with Crippen LogP contribution < -0.4 is 5.32 Å². The summed E-state index contributed by atoms with van der Waals surface area (Å²) in [6, 6.07) is 20.5. The van der Waals surface area contributed by atoms with Crippen molar-refractivity contribution in [3.63, 3.8) is 0 Å². The Balaban J connectivity index is 1.89.